The Morgan fingerprint density at radius 3 is 2.50 bits per heavy atom. The van der Waals surface area contributed by atoms with Crippen LogP contribution in [0.4, 0.5) is 0 Å². The first-order valence-corrected chi connectivity index (χ1v) is 9.15. The fourth-order valence-corrected chi connectivity index (χ4v) is 3.70. The summed E-state index contributed by atoms with van der Waals surface area (Å²) in [5.41, 5.74) is 0. The van der Waals surface area contributed by atoms with Gasteiger partial charge in [-0.15, -0.1) is 0 Å². The molecule has 24 heavy (non-hydrogen) atoms. The fourth-order valence-electron chi connectivity index (χ4n) is 3.70. The molecule has 0 aliphatic carbocycles. The van der Waals surface area contributed by atoms with Crippen LogP contribution in [0.5, 0.6) is 0 Å². The zero-order valence-electron chi connectivity index (χ0n) is 14.2. The van der Waals surface area contributed by atoms with Crippen LogP contribution in [-0.2, 0) is 19.2 Å². The number of hydroxylamine groups is 2. The van der Waals surface area contributed by atoms with Crippen molar-refractivity contribution in [2.75, 3.05) is 39.3 Å². The molecule has 0 bridgehead atoms. The second-order valence-electron chi connectivity index (χ2n) is 6.89. The average Bonchev–Trinajstić information content (AvgIpc) is 3.02. The van der Waals surface area contributed by atoms with Gasteiger partial charge in [0.2, 0.25) is 11.8 Å². The van der Waals surface area contributed by atoms with Crippen molar-refractivity contribution < 1.29 is 19.2 Å². The van der Waals surface area contributed by atoms with E-state index in [1.54, 1.807) is 4.90 Å². The lowest BCUT2D eigenvalue weighted by Gasteiger charge is -2.35. The van der Waals surface area contributed by atoms with Crippen LogP contribution >= 0.6 is 0 Å². The molecular weight excluding hydrogens is 310 g/mol. The van der Waals surface area contributed by atoms with Crippen molar-refractivity contribution in [3.63, 3.8) is 0 Å². The van der Waals surface area contributed by atoms with E-state index in [1.807, 2.05) is 4.90 Å². The van der Waals surface area contributed by atoms with Gasteiger partial charge < -0.3 is 9.80 Å². The maximum atomic E-state index is 12.5. The van der Waals surface area contributed by atoms with E-state index in [0.717, 1.165) is 32.2 Å². The molecule has 7 nitrogen and oxygen atoms in total. The molecule has 0 saturated carbocycles. The Labute approximate surface area is 142 Å². The molecule has 3 aliphatic heterocycles. The molecule has 3 heterocycles. The van der Waals surface area contributed by atoms with E-state index in [9.17, 15) is 14.4 Å². The average molecular weight is 337 g/mol. The summed E-state index contributed by atoms with van der Waals surface area (Å²) in [5.74, 6) is 0.192. The third kappa shape index (κ3) is 4.06. The van der Waals surface area contributed by atoms with Crippen LogP contribution in [0.1, 0.15) is 44.9 Å². The minimum absolute atomic E-state index is 0.0157. The second-order valence-corrected chi connectivity index (χ2v) is 6.89. The van der Waals surface area contributed by atoms with Crippen molar-refractivity contribution in [2.45, 2.75) is 44.9 Å². The molecule has 0 aromatic carbocycles. The topological polar surface area (TPSA) is 70.2 Å². The van der Waals surface area contributed by atoms with Crippen molar-refractivity contribution in [1.82, 2.24) is 14.9 Å². The lowest BCUT2D eigenvalue weighted by Crippen LogP contribution is -2.48. The number of rotatable bonds is 5. The predicted molar refractivity (Wildman–Crippen MR) is 86.6 cm³/mol. The van der Waals surface area contributed by atoms with Gasteiger partial charge in [0.15, 0.2) is 0 Å². The number of carbonyl (C=O) groups excluding carboxylic acids is 3. The van der Waals surface area contributed by atoms with Gasteiger partial charge in [0.25, 0.3) is 5.91 Å². The molecule has 0 N–H and O–H groups in total. The molecule has 1 atom stereocenters. The molecule has 7 heteroatoms. The van der Waals surface area contributed by atoms with Gasteiger partial charge in [-0.1, -0.05) is 0 Å². The van der Waals surface area contributed by atoms with Crippen LogP contribution in [0.15, 0.2) is 0 Å². The zero-order valence-corrected chi connectivity index (χ0v) is 14.2. The first-order valence-electron chi connectivity index (χ1n) is 9.15. The van der Waals surface area contributed by atoms with E-state index in [1.165, 1.54) is 5.06 Å². The molecule has 0 spiro atoms. The SMILES string of the molecule is O=C1CCCN1CCCN1CC(C(=O)N2CCCCO2)CCC1=O. The monoisotopic (exact) mass is 337 g/mol. The summed E-state index contributed by atoms with van der Waals surface area (Å²) in [4.78, 5) is 45.4. The molecule has 3 fully saturated rings. The number of amides is 3. The van der Waals surface area contributed by atoms with Gasteiger partial charge in [-0.2, -0.15) is 0 Å². The Balaban J connectivity index is 1.46. The minimum Gasteiger partial charge on any atom is -0.343 e. The van der Waals surface area contributed by atoms with Gasteiger partial charge in [-0.25, -0.2) is 5.06 Å². The summed E-state index contributed by atoms with van der Waals surface area (Å²) in [5, 5.41) is 1.49. The Morgan fingerprint density at radius 2 is 1.79 bits per heavy atom. The molecule has 0 aromatic rings. The third-order valence-corrected chi connectivity index (χ3v) is 5.13. The predicted octanol–water partition coefficient (Wildman–Crippen LogP) is 0.791. The third-order valence-electron chi connectivity index (χ3n) is 5.13. The summed E-state index contributed by atoms with van der Waals surface area (Å²) in [6.45, 7) is 3.89. The van der Waals surface area contributed by atoms with Crippen LogP contribution in [0.2, 0.25) is 0 Å². The van der Waals surface area contributed by atoms with E-state index in [4.69, 9.17) is 4.84 Å². The fraction of sp³-hybridized carbons (Fsp3) is 0.824. The Bertz CT molecular complexity index is 490. The quantitative estimate of drug-likeness (QED) is 0.744. The maximum Gasteiger partial charge on any atom is 0.251 e. The minimum atomic E-state index is -0.158. The summed E-state index contributed by atoms with van der Waals surface area (Å²) in [7, 11) is 0. The smallest absolute Gasteiger partial charge is 0.251 e. The summed E-state index contributed by atoms with van der Waals surface area (Å²) in [6, 6.07) is 0. The molecule has 1 unspecified atom stereocenters. The van der Waals surface area contributed by atoms with Crippen LogP contribution < -0.4 is 0 Å². The number of likely N-dealkylation sites (tertiary alicyclic amines) is 2. The van der Waals surface area contributed by atoms with Gasteiger partial charge in [-0.3, -0.25) is 19.2 Å². The van der Waals surface area contributed by atoms with E-state index in [-0.39, 0.29) is 23.6 Å². The van der Waals surface area contributed by atoms with E-state index >= 15 is 0 Å². The van der Waals surface area contributed by atoms with Gasteiger partial charge >= 0.3 is 0 Å². The van der Waals surface area contributed by atoms with Crippen molar-refractivity contribution in [1.29, 1.82) is 0 Å². The molecule has 134 valence electrons. The highest BCUT2D eigenvalue weighted by molar-refractivity contribution is 5.83. The summed E-state index contributed by atoms with van der Waals surface area (Å²) < 4.78 is 0. The first-order chi connectivity index (χ1) is 11.6. The van der Waals surface area contributed by atoms with Gasteiger partial charge in [0.05, 0.1) is 12.5 Å². The van der Waals surface area contributed by atoms with E-state index in [2.05, 4.69) is 0 Å². The lowest BCUT2D eigenvalue weighted by molar-refractivity contribution is -0.202. The summed E-state index contributed by atoms with van der Waals surface area (Å²) >= 11 is 0. The lowest BCUT2D eigenvalue weighted by atomic mass is 9.96. The molecule has 0 radical (unpaired) electrons. The van der Waals surface area contributed by atoms with Crippen LogP contribution in [0.25, 0.3) is 0 Å². The van der Waals surface area contributed by atoms with Crippen LogP contribution in [-0.4, -0.2) is 71.9 Å². The Morgan fingerprint density at radius 1 is 1.00 bits per heavy atom. The van der Waals surface area contributed by atoms with Gasteiger partial charge in [-0.05, 0) is 32.1 Å². The molecular formula is C17H27N3O4. The first kappa shape index (κ1) is 17.2. The Hall–Kier alpha value is -1.63. The van der Waals surface area contributed by atoms with Crippen LogP contribution in [0.3, 0.4) is 0 Å². The number of piperidine rings is 1. The highest BCUT2D eigenvalue weighted by Gasteiger charge is 2.33. The number of hydrogen-bond donors (Lipinski definition) is 0. The Kier molecular flexibility index (Phi) is 5.71. The normalized spacial score (nSPS) is 25.5. The molecule has 3 aliphatic rings. The zero-order chi connectivity index (χ0) is 16.9. The molecule has 3 saturated heterocycles. The van der Waals surface area contributed by atoms with Gasteiger partial charge in [0.1, 0.15) is 0 Å². The molecule has 0 aromatic heterocycles. The van der Waals surface area contributed by atoms with Crippen molar-refractivity contribution >= 4 is 17.7 Å². The number of hydrogen-bond acceptors (Lipinski definition) is 4. The maximum absolute atomic E-state index is 12.5. The second kappa shape index (κ2) is 7.96. The molecule has 3 amide bonds. The highest BCUT2D eigenvalue weighted by atomic mass is 16.7. The summed E-state index contributed by atoms with van der Waals surface area (Å²) in [6.07, 6.45) is 5.37. The largest absolute Gasteiger partial charge is 0.343 e. The van der Waals surface area contributed by atoms with Crippen molar-refractivity contribution in [3.8, 4) is 0 Å². The highest BCUT2D eigenvalue weighted by Crippen LogP contribution is 2.22. The standard InChI is InChI=1S/C17H27N3O4/c21-15-5-3-8-18(15)9-4-10-19-13-14(6-7-16(19)22)17(23)20-11-1-2-12-24-20/h14H,1-13H2. The number of carbonyl (C=O) groups is 3. The number of nitrogens with zero attached hydrogens (tertiary/aromatic N) is 3. The van der Waals surface area contributed by atoms with E-state index < -0.39 is 0 Å². The van der Waals surface area contributed by atoms with Crippen molar-refractivity contribution in [3.05, 3.63) is 0 Å². The van der Waals surface area contributed by atoms with E-state index in [0.29, 0.717) is 52.0 Å². The van der Waals surface area contributed by atoms with Crippen molar-refractivity contribution in [2.24, 2.45) is 5.92 Å². The van der Waals surface area contributed by atoms with Gasteiger partial charge in [0, 0.05) is 45.6 Å². The van der Waals surface area contributed by atoms with Crippen LogP contribution in [0, 0.1) is 5.92 Å². The molecule has 3 rings (SSSR count).